The number of rotatable bonds is 6. The zero-order chi connectivity index (χ0) is 25.5. The standard InChI is InChI=1S/C24H27FN4O5S/c1-24(22(30)26-32,35(3,33)34)8-9-28-15-19-11-18(14-29(19)23(28)31)20-7-6-16(10-21(20)25)4-5-17-12-27(2)13-17/h6-7,10-11,14,17,32H,8-9,12-13,15H2,1-3H3,(H,26,30)/t24-/m1/s1. The molecule has 0 bridgehead atoms. The van der Waals surface area contributed by atoms with Crippen LogP contribution in [0.25, 0.3) is 11.1 Å². The number of carbonyl (C=O) groups excluding carboxylic acids is 2. The number of nitrogens with one attached hydrogen (secondary N) is 1. The van der Waals surface area contributed by atoms with E-state index in [4.69, 9.17) is 5.21 Å². The van der Waals surface area contributed by atoms with Gasteiger partial charge >= 0.3 is 6.03 Å². The number of likely N-dealkylation sites (tertiary alicyclic amines) is 1. The molecule has 2 aliphatic rings. The zero-order valence-corrected chi connectivity index (χ0v) is 20.5. The van der Waals surface area contributed by atoms with Crippen molar-refractivity contribution in [2.75, 3.05) is 32.9 Å². The molecule has 3 heterocycles. The summed E-state index contributed by atoms with van der Waals surface area (Å²) in [5, 5.41) is 8.95. The van der Waals surface area contributed by atoms with Gasteiger partial charge in [-0.05, 0) is 38.6 Å². The number of halogens is 1. The van der Waals surface area contributed by atoms with Crippen molar-refractivity contribution >= 4 is 21.8 Å². The number of hydrogen-bond donors (Lipinski definition) is 2. The largest absolute Gasteiger partial charge is 0.328 e. The summed E-state index contributed by atoms with van der Waals surface area (Å²) in [5.74, 6) is 4.98. The monoisotopic (exact) mass is 502 g/mol. The highest BCUT2D eigenvalue weighted by molar-refractivity contribution is 7.92. The molecule has 9 nitrogen and oxygen atoms in total. The van der Waals surface area contributed by atoms with Crippen LogP contribution in [0.2, 0.25) is 0 Å². The zero-order valence-electron chi connectivity index (χ0n) is 19.7. The highest BCUT2D eigenvalue weighted by atomic mass is 32.2. The number of aromatic nitrogens is 1. The van der Waals surface area contributed by atoms with Gasteiger partial charge in [0.15, 0.2) is 14.6 Å². The molecule has 0 radical (unpaired) electrons. The average Bonchev–Trinajstić information content (AvgIpc) is 3.31. The van der Waals surface area contributed by atoms with Crippen molar-refractivity contribution in [1.82, 2.24) is 19.8 Å². The summed E-state index contributed by atoms with van der Waals surface area (Å²) in [6.07, 6.45) is 2.25. The van der Waals surface area contributed by atoms with Gasteiger partial charge in [0.2, 0.25) is 0 Å². The Morgan fingerprint density at radius 2 is 2.03 bits per heavy atom. The molecule has 2 aromatic rings. The molecule has 35 heavy (non-hydrogen) atoms. The van der Waals surface area contributed by atoms with E-state index in [-0.39, 0.29) is 19.5 Å². The van der Waals surface area contributed by atoms with Crippen molar-refractivity contribution < 1.29 is 27.6 Å². The van der Waals surface area contributed by atoms with E-state index in [1.165, 1.54) is 27.9 Å². The fourth-order valence-electron chi connectivity index (χ4n) is 4.28. The number of benzene rings is 1. The lowest BCUT2D eigenvalue weighted by molar-refractivity contribution is -0.131. The Morgan fingerprint density at radius 3 is 2.60 bits per heavy atom. The summed E-state index contributed by atoms with van der Waals surface area (Å²) in [5.41, 5.74) is 3.51. The van der Waals surface area contributed by atoms with Crippen LogP contribution in [0.5, 0.6) is 0 Å². The summed E-state index contributed by atoms with van der Waals surface area (Å²) in [6, 6.07) is 6.09. The van der Waals surface area contributed by atoms with E-state index in [1.54, 1.807) is 24.4 Å². The Hall–Kier alpha value is -3.20. The number of sulfone groups is 1. The maximum absolute atomic E-state index is 14.8. The molecule has 4 rings (SSSR count). The summed E-state index contributed by atoms with van der Waals surface area (Å²) in [4.78, 5) is 28.4. The lowest BCUT2D eigenvalue weighted by Gasteiger charge is -2.32. The van der Waals surface area contributed by atoms with Gasteiger partial charge in [0.25, 0.3) is 5.91 Å². The first-order chi connectivity index (χ1) is 16.4. The van der Waals surface area contributed by atoms with Crippen molar-refractivity contribution in [2.24, 2.45) is 5.92 Å². The van der Waals surface area contributed by atoms with Gasteiger partial charge in [0.1, 0.15) is 5.82 Å². The smallest absolute Gasteiger partial charge is 0.318 e. The van der Waals surface area contributed by atoms with Crippen molar-refractivity contribution in [2.45, 2.75) is 24.6 Å². The molecule has 186 valence electrons. The molecule has 2 N–H and O–H groups in total. The summed E-state index contributed by atoms with van der Waals surface area (Å²) in [7, 11) is -1.85. The van der Waals surface area contributed by atoms with Crippen molar-refractivity contribution in [3.63, 3.8) is 0 Å². The fourth-order valence-corrected chi connectivity index (χ4v) is 5.13. The number of amides is 2. The number of carbonyl (C=O) groups is 2. The van der Waals surface area contributed by atoms with Crippen LogP contribution in [0.1, 0.15) is 24.6 Å². The first-order valence-electron chi connectivity index (χ1n) is 11.1. The Balaban J connectivity index is 1.46. The van der Waals surface area contributed by atoms with Crippen LogP contribution in [0.4, 0.5) is 9.18 Å². The predicted molar refractivity (Wildman–Crippen MR) is 127 cm³/mol. The number of fused-ring (bicyclic) bond motifs is 1. The van der Waals surface area contributed by atoms with Crippen LogP contribution in [0.15, 0.2) is 30.5 Å². The Bertz CT molecular complexity index is 1350. The molecule has 1 saturated heterocycles. The van der Waals surface area contributed by atoms with Crippen molar-refractivity contribution in [3.05, 3.63) is 47.5 Å². The maximum atomic E-state index is 14.8. The maximum Gasteiger partial charge on any atom is 0.328 e. The molecule has 0 saturated carbocycles. The van der Waals surface area contributed by atoms with Gasteiger partial charge in [-0.25, -0.2) is 23.1 Å². The highest BCUT2D eigenvalue weighted by Gasteiger charge is 2.44. The van der Waals surface area contributed by atoms with Crippen molar-refractivity contribution in [1.29, 1.82) is 0 Å². The third kappa shape index (κ3) is 4.69. The summed E-state index contributed by atoms with van der Waals surface area (Å²) >= 11 is 0. The van der Waals surface area contributed by atoms with Gasteiger partial charge in [0, 0.05) is 60.4 Å². The predicted octanol–water partition coefficient (Wildman–Crippen LogP) is 1.69. The molecular weight excluding hydrogens is 475 g/mol. The lowest BCUT2D eigenvalue weighted by Crippen LogP contribution is -2.50. The Kier molecular flexibility index (Phi) is 6.48. The van der Waals surface area contributed by atoms with E-state index < -0.39 is 32.3 Å². The highest BCUT2D eigenvalue weighted by Crippen LogP contribution is 2.30. The molecule has 1 aromatic carbocycles. The molecule has 1 aromatic heterocycles. The normalized spacial score (nSPS) is 17.9. The molecule has 11 heteroatoms. The van der Waals surface area contributed by atoms with Crippen LogP contribution in [0.3, 0.4) is 0 Å². The topological polar surface area (TPSA) is 112 Å². The Labute approximate surface area is 203 Å². The minimum Gasteiger partial charge on any atom is -0.318 e. The van der Waals surface area contributed by atoms with E-state index in [1.807, 2.05) is 7.05 Å². The van der Waals surface area contributed by atoms with Crippen LogP contribution in [-0.4, -0.2) is 77.6 Å². The van der Waals surface area contributed by atoms with Gasteiger partial charge in [0.05, 0.1) is 6.54 Å². The lowest BCUT2D eigenvalue weighted by atomic mass is 10.0. The van der Waals surface area contributed by atoms with E-state index >= 15 is 0 Å². The third-order valence-electron chi connectivity index (χ3n) is 6.75. The summed E-state index contributed by atoms with van der Waals surface area (Å²) < 4.78 is 38.6. The van der Waals surface area contributed by atoms with Gasteiger partial charge < -0.3 is 9.80 Å². The molecule has 1 atom stereocenters. The van der Waals surface area contributed by atoms with E-state index in [0.29, 0.717) is 28.3 Å². The molecule has 2 aliphatic heterocycles. The number of nitrogens with zero attached hydrogens (tertiary/aromatic N) is 3. The first kappa shape index (κ1) is 24.9. The van der Waals surface area contributed by atoms with E-state index in [9.17, 15) is 22.4 Å². The van der Waals surface area contributed by atoms with E-state index in [2.05, 4.69) is 16.7 Å². The van der Waals surface area contributed by atoms with Crippen LogP contribution < -0.4 is 5.48 Å². The fraction of sp³-hybridized carbons (Fsp3) is 0.417. The SMILES string of the molecule is CN1CC(C#Cc2ccc(-c3cc4n(c3)C(=O)N(CC[C@](C)(C(=O)NO)S(C)(=O)=O)C4)c(F)c2)C1. The third-order valence-corrected chi connectivity index (χ3v) is 8.78. The molecular formula is C24H27FN4O5S. The second-order valence-electron chi connectivity index (χ2n) is 9.37. The van der Waals surface area contributed by atoms with Gasteiger partial charge in [-0.15, -0.1) is 0 Å². The van der Waals surface area contributed by atoms with Crippen LogP contribution >= 0.6 is 0 Å². The van der Waals surface area contributed by atoms with Crippen LogP contribution in [0, 0.1) is 23.6 Å². The molecule has 0 aliphatic carbocycles. The molecule has 1 fully saturated rings. The van der Waals surface area contributed by atoms with Gasteiger partial charge in [-0.1, -0.05) is 17.9 Å². The van der Waals surface area contributed by atoms with Crippen molar-refractivity contribution in [3.8, 4) is 23.0 Å². The van der Waals surface area contributed by atoms with Gasteiger partial charge in [-0.2, -0.15) is 0 Å². The van der Waals surface area contributed by atoms with Crippen LogP contribution in [-0.2, 0) is 21.2 Å². The van der Waals surface area contributed by atoms with Gasteiger partial charge in [-0.3, -0.25) is 14.6 Å². The summed E-state index contributed by atoms with van der Waals surface area (Å²) in [6.45, 7) is 3.19. The quantitative estimate of drug-likeness (QED) is 0.353. The molecule has 2 amide bonds. The number of hydrogen-bond acceptors (Lipinski definition) is 6. The second kappa shape index (κ2) is 9.11. The first-order valence-corrected chi connectivity index (χ1v) is 13.0. The minimum absolute atomic E-state index is 0.0225. The number of hydroxylamine groups is 1. The molecule has 0 spiro atoms. The minimum atomic E-state index is -3.87. The average molecular weight is 503 g/mol. The molecule has 0 unspecified atom stereocenters. The second-order valence-corrected chi connectivity index (χ2v) is 11.8. The Morgan fingerprint density at radius 1 is 1.31 bits per heavy atom. The van der Waals surface area contributed by atoms with E-state index in [0.717, 1.165) is 19.3 Å².